The van der Waals surface area contributed by atoms with Gasteiger partial charge in [0.1, 0.15) is 5.76 Å². The zero-order valence-corrected chi connectivity index (χ0v) is 12.1. The molecular weight excluding hydrogens is 256 g/mol. The number of benzene rings is 1. The fraction of sp³-hybridized carbons (Fsp3) is 0.312. The molecule has 100 valence electrons. The number of thioether (sulfide) groups is 1. The molecule has 0 N–H and O–H groups in total. The third-order valence-corrected chi connectivity index (χ3v) is 3.91. The smallest absolute Gasteiger partial charge is 0.172 e. The van der Waals surface area contributed by atoms with Crippen molar-refractivity contribution in [1.82, 2.24) is 0 Å². The van der Waals surface area contributed by atoms with Gasteiger partial charge in [-0.2, -0.15) is 0 Å². The van der Waals surface area contributed by atoms with Crippen LogP contribution in [0, 0.1) is 0 Å². The van der Waals surface area contributed by atoms with Crippen LogP contribution >= 0.6 is 11.8 Å². The van der Waals surface area contributed by atoms with E-state index in [0.717, 1.165) is 17.1 Å². The Labute approximate surface area is 118 Å². The van der Waals surface area contributed by atoms with Crippen LogP contribution in [-0.2, 0) is 5.75 Å². The first-order chi connectivity index (χ1) is 9.16. The second-order valence-electron chi connectivity index (χ2n) is 4.77. The molecule has 0 bridgehead atoms. The molecule has 3 heteroatoms. The molecule has 0 saturated heterocycles. The largest absolute Gasteiger partial charge is 0.468 e. The molecule has 0 amide bonds. The Hall–Kier alpha value is -1.48. The first-order valence-electron chi connectivity index (χ1n) is 6.40. The van der Waals surface area contributed by atoms with Crippen LogP contribution in [0.15, 0.2) is 47.1 Å². The van der Waals surface area contributed by atoms with E-state index in [4.69, 9.17) is 4.42 Å². The summed E-state index contributed by atoms with van der Waals surface area (Å²) in [6.07, 6.45) is 1.66. The van der Waals surface area contributed by atoms with Crippen molar-refractivity contribution in [2.45, 2.75) is 25.5 Å². The second-order valence-corrected chi connectivity index (χ2v) is 5.76. The summed E-state index contributed by atoms with van der Waals surface area (Å²) < 4.78 is 5.23. The lowest BCUT2D eigenvalue weighted by molar-refractivity contribution is 0.102. The summed E-state index contributed by atoms with van der Waals surface area (Å²) in [6, 6.07) is 11.7. The summed E-state index contributed by atoms with van der Waals surface area (Å²) in [7, 11) is 0. The molecule has 0 unspecified atom stereocenters. The predicted molar refractivity (Wildman–Crippen MR) is 79.7 cm³/mol. The number of Topliss-reactive ketones (excluding diaryl/α,β-unsaturated/α-hetero) is 1. The average molecular weight is 274 g/mol. The number of furan rings is 1. The Morgan fingerprint density at radius 2 is 1.95 bits per heavy atom. The van der Waals surface area contributed by atoms with Crippen molar-refractivity contribution in [3.8, 4) is 0 Å². The van der Waals surface area contributed by atoms with Crippen LogP contribution in [0.1, 0.15) is 41.4 Å². The number of carbonyl (C=O) groups excluding carboxylic acids is 1. The molecule has 0 aliphatic carbocycles. The fourth-order valence-corrected chi connectivity index (χ4v) is 2.60. The third kappa shape index (κ3) is 4.00. The highest BCUT2D eigenvalue weighted by Crippen LogP contribution is 2.17. The molecule has 0 aliphatic rings. The Morgan fingerprint density at radius 3 is 2.53 bits per heavy atom. The van der Waals surface area contributed by atoms with Gasteiger partial charge in [-0.1, -0.05) is 38.1 Å². The van der Waals surface area contributed by atoms with Crippen LogP contribution < -0.4 is 0 Å². The van der Waals surface area contributed by atoms with Crippen molar-refractivity contribution >= 4 is 17.5 Å². The molecule has 19 heavy (non-hydrogen) atoms. The number of carbonyl (C=O) groups is 1. The summed E-state index contributed by atoms with van der Waals surface area (Å²) in [6.45, 7) is 4.30. The van der Waals surface area contributed by atoms with Crippen molar-refractivity contribution in [3.05, 3.63) is 59.5 Å². The SMILES string of the molecule is CC(C)c1ccc(C(=O)CSCc2ccco2)cc1. The number of hydrogen-bond donors (Lipinski definition) is 0. The minimum Gasteiger partial charge on any atom is -0.468 e. The maximum absolute atomic E-state index is 12.0. The molecule has 2 nitrogen and oxygen atoms in total. The van der Waals surface area contributed by atoms with E-state index in [-0.39, 0.29) is 5.78 Å². The van der Waals surface area contributed by atoms with Gasteiger partial charge in [0, 0.05) is 5.56 Å². The highest BCUT2D eigenvalue weighted by atomic mass is 32.2. The van der Waals surface area contributed by atoms with Crippen molar-refractivity contribution in [2.24, 2.45) is 0 Å². The molecule has 2 aromatic rings. The van der Waals surface area contributed by atoms with Gasteiger partial charge >= 0.3 is 0 Å². The Kier molecular flexibility index (Phi) is 4.86. The lowest BCUT2D eigenvalue weighted by Crippen LogP contribution is -2.03. The van der Waals surface area contributed by atoms with Gasteiger partial charge in [0.25, 0.3) is 0 Å². The lowest BCUT2D eigenvalue weighted by Gasteiger charge is -2.06. The Morgan fingerprint density at radius 1 is 1.21 bits per heavy atom. The van der Waals surface area contributed by atoms with Crippen LogP contribution in [-0.4, -0.2) is 11.5 Å². The normalized spacial score (nSPS) is 10.9. The van der Waals surface area contributed by atoms with Gasteiger partial charge in [0.2, 0.25) is 0 Å². The maximum Gasteiger partial charge on any atom is 0.172 e. The maximum atomic E-state index is 12.0. The van der Waals surface area contributed by atoms with Gasteiger partial charge in [-0.05, 0) is 23.6 Å². The monoisotopic (exact) mass is 274 g/mol. The quantitative estimate of drug-likeness (QED) is 0.725. The highest BCUT2D eigenvalue weighted by Gasteiger charge is 2.07. The zero-order valence-electron chi connectivity index (χ0n) is 11.3. The average Bonchev–Trinajstić information content (AvgIpc) is 2.92. The topological polar surface area (TPSA) is 30.2 Å². The molecule has 0 spiro atoms. The van der Waals surface area contributed by atoms with E-state index in [2.05, 4.69) is 13.8 Å². The van der Waals surface area contributed by atoms with E-state index >= 15 is 0 Å². The van der Waals surface area contributed by atoms with Gasteiger partial charge in [0.05, 0.1) is 17.8 Å². The highest BCUT2D eigenvalue weighted by molar-refractivity contribution is 7.99. The van der Waals surface area contributed by atoms with E-state index in [1.165, 1.54) is 5.56 Å². The van der Waals surface area contributed by atoms with Crippen molar-refractivity contribution in [2.75, 3.05) is 5.75 Å². The molecule has 1 aromatic heterocycles. The molecule has 0 fully saturated rings. The summed E-state index contributed by atoms with van der Waals surface area (Å²) in [5, 5.41) is 0. The van der Waals surface area contributed by atoms with Crippen LogP contribution in [0.4, 0.5) is 0 Å². The van der Waals surface area contributed by atoms with E-state index in [0.29, 0.717) is 11.7 Å². The van der Waals surface area contributed by atoms with Gasteiger partial charge < -0.3 is 4.42 Å². The van der Waals surface area contributed by atoms with Crippen LogP contribution in [0.2, 0.25) is 0 Å². The van der Waals surface area contributed by atoms with E-state index in [9.17, 15) is 4.79 Å². The van der Waals surface area contributed by atoms with Gasteiger partial charge in [0.15, 0.2) is 5.78 Å². The van der Waals surface area contributed by atoms with Crippen LogP contribution in [0.25, 0.3) is 0 Å². The minimum absolute atomic E-state index is 0.173. The molecule has 2 rings (SSSR count). The molecule has 0 saturated carbocycles. The standard InChI is InChI=1S/C16H18O2S/c1-12(2)13-5-7-14(8-6-13)16(17)11-19-10-15-4-3-9-18-15/h3-9,12H,10-11H2,1-2H3. The van der Waals surface area contributed by atoms with Crippen molar-refractivity contribution in [3.63, 3.8) is 0 Å². The van der Waals surface area contributed by atoms with Crippen LogP contribution in [0.5, 0.6) is 0 Å². The van der Waals surface area contributed by atoms with E-state index in [1.807, 2.05) is 36.4 Å². The second kappa shape index (κ2) is 6.62. The zero-order chi connectivity index (χ0) is 13.7. The van der Waals surface area contributed by atoms with Gasteiger partial charge in [-0.25, -0.2) is 0 Å². The predicted octanol–water partition coefficient (Wildman–Crippen LogP) is 4.52. The minimum atomic E-state index is 0.173. The molecule has 1 aromatic carbocycles. The van der Waals surface area contributed by atoms with Crippen molar-refractivity contribution in [1.29, 1.82) is 0 Å². The number of ketones is 1. The number of hydrogen-bond acceptors (Lipinski definition) is 3. The molecular formula is C16H18O2S. The first-order valence-corrected chi connectivity index (χ1v) is 7.55. The summed E-state index contributed by atoms with van der Waals surface area (Å²) in [5.41, 5.74) is 2.05. The van der Waals surface area contributed by atoms with Crippen LogP contribution in [0.3, 0.4) is 0 Å². The summed E-state index contributed by atoms with van der Waals surface area (Å²) in [5.74, 6) is 2.81. The summed E-state index contributed by atoms with van der Waals surface area (Å²) in [4.78, 5) is 12.0. The molecule has 0 radical (unpaired) electrons. The number of rotatable bonds is 6. The van der Waals surface area contributed by atoms with E-state index in [1.54, 1.807) is 18.0 Å². The molecule has 1 heterocycles. The Bertz CT molecular complexity index is 512. The van der Waals surface area contributed by atoms with E-state index < -0.39 is 0 Å². The lowest BCUT2D eigenvalue weighted by atomic mass is 10.0. The van der Waals surface area contributed by atoms with Gasteiger partial charge in [-0.15, -0.1) is 11.8 Å². The third-order valence-electron chi connectivity index (χ3n) is 2.96. The fourth-order valence-electron chi connectivity index (χ4n) is 1.78. The van der Waals surface area contributed by atoms with Gasteiger partial charge in [-0.3, -0.25) is 4.79 Å². The van der Waals surface area contributed by atoms with Crippen molar-refractivity contribution < 1.29 is 9.21 Å². The molecule has 0 aliphatic heterocycles. The summed E-state index contributed by atoms with van der Waals surface area (Å²) >= 11 is 1.58. The Balaban J connectivity index is 1.85. The molecule has 0 atom stereocenters. The first kappa shape index (κ1) is 13.9.